The lowest BCUT2D eigenvalue weighted by molar-refractivity contribution is -0.140. The van der Waals surface area contributed by atoms with E-state index in [4.69, 9.17) is 4.74 Å². The van der Waals surface area contributed by atoms with E-state index in [9.17, 15) is 9.00 Å². The minimum Gasteiger partial charge on any atom is -0.469 e. The van der Waals surface area contributed by atoms with Gasteiger partial charge in [-0.25, -0.2) is 4.21 Å². The molecule has 2 aromatic rings. The Kier molecular flexibility index (Phi) is 3.98. The monoisotopic (exact) mass is 315 g/mol. The molecule has 22 heavy (non-hydrogen) atoms. The van der Waals surface area contributed by atoms with Crippen LogP contribution >= 0.6 is 0 Å². The Bertz CT molecular complexity index is 808. The molecule has 0 aromatic heterocycles. The molecule has 0 radical (unpaired) electrons. The van der Waals surface area contributed by atoms with Crippen molar-refractivity contribution in [1.29, 1.82) is 0 Å². The van der Waals surface area contributed by atoms with Crippen LogP contribution in [0.5, 0.6) is 0 Å². The van der Waals surface area contributed by atoms with Crippen molar-refractivity contribution in [2.45, 2.75) is 17.2 Å². The van der Waals surface area contributed by atoms with Crippen LogP contribution in [0.2, 0.25) is 0 Å². The van der Waals surface area contributed by atoms with Crippen LogP contribution in [0.25, 0.3) is 0 Å². The smallest absolute Gasteiger partial charge is 0.306 e. The summed E-state index contributed by atoms with van der Waals surface area (Å²) in [6.07, 6.45) is 0.215. The van der Waals surface area contributed by atoms with Crippen molar-refractivity contribution in [1.82, 2.24) is 0 Å². The van der Waals surface area contributed by atoms with E-state index in [1.165, 1.54) is 7.11 Å². The third-order valence-corrected chi connectivity index (χ3v) is 6.16. The van der Waals surface area contributed by atoms with Crippen LogP contribution in [0.4, 0.5) is 5.69 Å². The molecule has 0 amide bonds. The van der Waals surface area contributed by atoms with Gasteiger partial charge in [0.2, 0.25) is 0 Å². The Balaban J connectivity index is 2.10. The van der Waals surface area contributed by atoms with Gasteiger partial charge in [-0.1, -0.05) is 36.4 Å². The molecule has 0 aliphatic carbocycles. The van der Waals surface area contributed by atoms with Crippen LogP contribution in [0, 0.1) is 0 Å². The van der Waals surface area contributed by atoms with E-state index in [1.807, 2.05) is 54.6 Å². The molecule has 0 bridgehead atoms. The normalized spacial score (nSPS) is 23.2. The van der Waals surface area contributed by atoms with E-state index in [1.54, 1.807) is 0 Å². The summed E-state index contributed by atoms with van der Waals surface area (Å²) in [4.78, 5) is 12.4. The molecule has 0 spiro atoms. The highest BCUT2D eigenvalue weighted by atomic mass is 32.2. The molecule has 5 heteroatoms. The van der Waals surface area contributed by atoms with E-state index in [-0.39, 0.29) is 18.3 Å². The minimum atomic E-state index is -2.57. The zero-order valence-electron chi connectivity index (χ0n) is 12.3. The Morgan fingerprint density at radius 2 is 1.86 bits per heavy atom. The molecule has 114 valence electrons. The number of rotatable bonds is 3. The van der Waals surface area contributed by atoms with Gasteiger partial charge < -0.3 is 4.74 Å². The first-order chi connectivity index (χ1) is 10.6. The van der Waals surface area contributed by atoms with Crippen molar-refractivity contribution in [3.63, 3.8) is 0 Å². The summed E-state index contributed by atoms with van der Waals surface area (Å²) >= 11 is 0. The lowest BCUT2D eigenvalue weighted by Crippen LogP contribution is -2.21. The van der Waals surface area contributed by atoms with Gasteiger partial charge in [0.25, 0.3) is 0 Å². The number of methoxy groups -OCH3 is 1. The average Bonchev–Trinajstić information content (AvgIpc) is 2.55. The average molecular weight is 315 g/mol. The highest BCUT2D eigenvalue weighted by Crippen LogP contribution is 2.38. The number of benzene rings is 2. The lowest BCUT2D eigenvalue weighted by atomic mass is 9.96. The van der Waals surface area contributed by atoms with Gasteiger partial charge in [-0.05, 0) is 23.8 Å². The number of hydrogen-bond donors (Lipinski definition) is 0. The molecule has 1 heterocycles. The van der Waals surface area contributed by atoms with Crippen LogP contribution in [0.15, 0.2) is 63.9 Å². The van der Waals surface area contributed by atoms with Crippen molar-refractivity contribution in [3.8, 4) is 0 Å². The van der Waals surface area contributed by atoms with E-state index in [0.29, 0.717) is 16.3 Å². The molecular weight excluding hydrogens is 298 g/mol. The quantitative estimate of drug-likeness (QED) is 0.815. The Hall–Kier alpha value is -2.14. The third kappa shape index (κ3) is 2.76. The number of fused-ring (bicyclic) bond motifs is 1. The number of ether oxygens (including phenoxy) is 1. The highest BCUT2D eigenvalue weighted by molar-refractivity contribution is 7.93. The number of hydrogen-bond acceptors (Lipinski definition) is 4. The maximum Gasteiger partial charge on any atom is 0.306 e. The molecule has 0 N–H and O–H groups in total. The van der Waals surface area contributed by atoms with Crippen molar-refractivity contribution < 1.29 is 13.7 Å². The summed E-state index contributed by atoms with van der Waals surface area (Å²) < 4.78 is 22.6. The largest absolute Gasteiger partial charge is 0.469 e. The predicted octanol–water partition coefficient (Wildman–Crippen LogP) is 3.51. The molecule has 1 aliphatic heterocycles. The molecule has 0 saturated carbocycles. The third-order valence-electron chi connectivity index (χ3n) is 3.80. The zero-order valence-corrected chi connectivity index (χ0v) is 13.1. The van der Waals surface area contributed by atoms with Gasteiger partial charge in [0.1, 0.15) is 0 Å². The standard InChI is InChI=1S/C17H17NO3S/c1-21-17(19)11-13-12-22(20,14-7-3-2-4-8-14)18-16-10-6-5-9-15(13)16/h2-10,13H,11-12H2,1H3/t13-,22?/m0/s1. The minimum absolute atomic E-state index is 0.145. The Morgan fingerprint density at radius 3 is 2.59 bits per heavy atom. The first-order valence-corrected chi connectivity index (χ1v) is 8.76. The molecule has 3 rings (SSSR count). The van der Waals surface area contributed by atoms with Crippen LogP contribution in [-0.2, 0) is 19.3 Å². The van der Waals surface area contributed by atoms with Gasteiger partial charge in [0.05, 0.1) is 28.9 Å². The van der Waals surface area contributed by atoms with Gasteiger partial charge in [0.15, 0.2) is 0 Å². The summed E-state index contributed by atoms with van der Waals surface area (Å²) in [6, 6.07) is 16.8. The van der Waals surface area contributed by atoms with Gasteiger partial charge in [-0.3, -0.25) is 4.79 Å². The topological polar surface area (TPSA) is 55.7 Å². The maximum absolute atomic E-state index is 13.3. The molecule has 2 atom stereocenters. The molecule has 0 fully saturated rings. The second-order valence-electron chi connectivity index (χ2n) is 5.25. The maximum atomic E-state index is 13.3. The van der Waals surface area contributed by atoms with E-state index < -0.39 is 9.73 Å². The summed E-state index contributed by atoms with van der Waals surface area (Å²) in [5.41, 5.74) is 1.67. The SMILES string of the molecule is COC(=O)C[C@H]1CS(=O)(c2ccccc2)=Nc2ccccc21. The second-order valence-corrected chi connectivity index (χ2v) is 7.52. The van der Waals surface area contributed by atoms with Gasteiger partial charge in [-0.2, -0.15) is 4.36 Å². The Morgan fingerprint density at radius 1 is 1.18 bits per heavy atom. The zero-order chi connectivity index (χ0) is 15.6. The summed E-state index contributed by atoms with van der Waals surface area (Å²) in [5.74, 6) is -0.103. The fourth-order valence-corrected chi connectivity index (χ4v) is 4.99. The van der Waals surface area contributed by atoms with Crippen molar-refractivity contribution in [3.05, 3.63) is 60.2 Å². The van der Waals surface area contributed by atoms with E-state index in [0.717, 1.165) is 5.56 Å². The molecule has 1 unspecified atom stereocenters. The molecule has 2 aromatic carbocycles. The summed E-state index contributed by atoms with van der Waals surface area (Å²) in [7, 11) is -1.20. The summed E-state index contributed by atoms with van der Waals surface area (Å²) in [6.45, 7) is 0. The van der Waals surface area contributed by atoms with Crippen LogP contribution in [-0.4, -0.2) is 23.0 Å². The molecule has 0 saturated heterocycles. The fourth-order valence-electron chi connectivity index (χ4n) is 2.71. The van der Waals surface area contributed by atoms with Gasteiger partial charge >= 0.3 is 5.97 Å². The number of esters is 1. The van der Waals surface area contributed by atoms with Crippen LogP contribution < -0.4 is 0 Å². The van der Waals surface area contributed by atoms with Gasteiger partial charge in [0, 0.05) is 16.6 Å². The van der Waals surface area contributed by atoms with Crippen LogP contribution in [0.1, 0.15) is 17.9 Å². The summed E-state index contributed by atoms with van der Waals surface area (Å²) in [5, 5.41) is 0. The number of carbonyl (C=O) groups excluding carboxylic acids is 1. The number of nitrogens with zero attached hydrogens (tertiary/aromatic N) is 1. The van der Waals surface area contributed by atoms with Crippen molar-refractivity contribution in [2.24, 2.45) is 4.36 Å². The highest BCUT2D eigenvalue weighted by Gasteiger charge is 2.29. The first kappa shape index (κ1) is 14.8. The van der Waals surface area contributed by atoms with Crippen molar-refractivity contribution in [2.75, 3.05) is 12.9 Å². The van der Waals surface area contributed by atoms with E-state index in [2.05, 4.69) is 4.36 Å². The number of carbonyl (C=O) groups is 1. The molecular formula is C17H17NO3S. The molecule has 1 aliphatic rings. The first-order valence-electron chi connectivity index (χ1n) is 7.08. The second kappa shape index (κ2) is 5.93. The van der Waals surface area contributed by atoms with Crippen molar-refractivity contribution >= 4 is 21.4 Å². The predicted molar refractivity (Wildman–Crippen MR) is 85.6 cm³/mol. The fraction of sp³-hybridized carbons (Fsp3) is 0.235. The van der Waals surface area contributed by atoms with Crippen LogP contribution in [0.3, 0.4) is 0 Å². The molecule has 4 nitrogen and oxygen atoms in total. The van der Waals surface area contributed by atoms with Gasteiger partial charge in [-0.15, -0.1) is 0 Å². The van der Waals surface area contributed by atoms with E-state index >= 15 is 0 Å². The lowest BCUT2D eigenvalue weighted by Gasteiger charge is -2.25. The Labute approximate surface area is 130 Å².